The lowest BCUT2D eigenvalue weighted by molar-refractivity contribution is -0.162. The quantitative estimate of drug-likeness (QED) is 0.830. The summed E-state index contributed by atoms with van der Waals surface area (Å²) in [5.41, 5.74) is 1.15. The highest BCUT2D eigenvalue weighted by Crippen LogP contribution is 2.08. The average Bonchev–Trinajstić information content (AvgIpc) is 2.41. The van der Waals surface area contributed by atoms with Gasteiger partial charge < -0.3 is 19.3 Å². The van der Waals surface area contributed by atoms with Crippen LogP contribution in [0.4, 0.5) is 0 Å². The summed E-state index contributed by atoms with van der Waals surface area (Å²) in [5, 5.41) is 8.87. The van der Waals surface area contributed by atoms with Crippen LogP contribution in [0.2, 0.25) is 0 Å². The summed E-state index contributed by atoms with van der Waals surface area (Å²) in [6.07, 6.45) is -0.207. The molecule has 1 N–H and O–H groups in total. The largest absolute Gasteiger partial charge is 0.394 e. The van der Waals surface area contributed by atoms with Gasteiger partial charge in [-0.1, -0.05) is 30.3 Å². The van der Waals surface area contributed by atoms with Gasteiger partial charge in [-0.05, 0) is 5.56 Å². The van der Waals surface area contributed by atoms with E-state index in [0.29, 0.717) is 26.4 Å². The van der Waals surface area contributed by atoms with Crippen molar-refractivity contribution in [1.82, 2.24) is 0 Å². The van der Waals surface area contributed by atoms with Gasteiger partial charge >= 0.3 is 0 Å². The molecule has 0 radical (unpaired) electrons. The Morgan fingerprint density at radius 2 is 1.82 bits per heavy atom. The third-order valence-electron chi connectivity index (χ3n) is 2.65. The van der Waals surface area contributed by atoms with Gasteiger partial charge in [-0.2, -0.15) is 0 Å². The molecule has 0 bridgehead atoms. The van der Waals surface area contributed by atoms with Crippen LogP contribution in [-0.4, -0.2) is 43.7 Å². The molecular weight excluding hydrogens is 220 g/mol. The Kier molecular flexibility index (Phi) is 4.94. The molecule has 4 heteroatoms. The lowest BCUT2D eigenvalue weighted by atomic mass is 10.2. The molecule has 1 aromatic carbocycles. The van der Waals surface area contributed by atoms with Crippen molar-refractivity contribution in [2.45, 2.75) is 18.8 Å². The Labute approximate surface area is 101 Å². The first-order valence-electron chi connectivity index (χ1n) is 5.84. The van der Waals surface area contributed by atoms with Crippen molar-refractivity contribution >= 4 is 0 Å². The molecule has 1 saturated heterocycles. The summed E-state index contributed by atoms with van der Waals surface area (Å²) in [5.74, 6) is 0. The van der Waals surface area contributed by atoms with Crippen LogP contribution in [0.25, 0.3) is 0 Å². The lowest BCUT2D eigenvalue weighted by Crippen LogP contribution is -2.39. The van der Waals surface area contributed by atoms with Gasteiger partial charge in [0.2, 0.25) is 0 Å². The maximum Gasteiger partial charge on any atom is 0.104 e. The molecule has 2 rings (SSSR count). The highest BCUT2D eigenvalue weighted by molar-refractivity contribution is 5.13. The first kappa shape index (κ1) is 12.5. The van der Waals surface area contributed by atoms with Gasteiger partial charge in [-0.3, -0.25) is 0 Å². The van der Waals surface area contributed by atoms with E-state index in [2.05, 4.69) is 0 Å². The minimum atomic E-state index is -0.180. The van der Waals surface area contributed by atoms with E-state index in [1.54, 1.807) is 0 Å². The van der Waals surface area contributed by atoms with E-state index in [1.807, 2.05) is 30.3 Å². The third kappa shape index (κ3) is 4.09. The Morgan fingerprint density at radius 3 is 2.47 bits per heavy atom. The lowest BCUT2D eigenvalue weighted by Gasteiger charge is -2.28. The minimum Gasteiger partial charge on any atom is -0.394 e. The summed E-state index contributed by atoms with van der Waals surface area (Å²) in [6.45, 7) is 2.05. The van der Waals surface area contributed by atoms with Gasteiger partial charge in [0.1, 0.15) is 12.2 Å². The first-order chi connectivity index (χ1) is 8.38. The zero-order chi connectivity index (χ0) is 11.9. The summed E-state index contributed by atoms with van der Waals surface area (Å²) in [4.78, 5) is 0. The summed E-state index contributed by atoms with van der Waals surface area (Å²) < 4.78 is 16.5. The molecule has 0 saturated carbocycles. The number of benzene rings is 1. The van der Waals surface area contributed by atoms with E-state index in [9.17, 15) is 0 Å². The van der Waals surface area contributed by atoms with E-state index >= 15 is 0 Å². The van der Waals surface area contributed by atoms with Crippen molar-refractivity contribution in [2.75, 3.05) is 26.4 Å². The van der Waals surface area contributed by atoms with E-state index in [4.69, 9.17) is 19.3 Å². The second kappa shape index (κ2) is 6.71. The highest BCUT2D eigenvalue weighted by atomic mass is 16.6. The summed E-state index contributed by atoms with van der Waals surface area (Å²) >= 11 is 0. The molecule has 0 aromatic heterocycles. The Morgan fingerprint density at radius 1 is 1.12 bits per heavy atom. The summed E-state index contributed by atoms with van der Waals surface area (Å²) in [6, 6.07) is 10.0. The fraction of sp³-hybridized carbons (Fsp3) is 0.538. The fourth-order valence-corrected chi connectivity index (χ4v) is 1.67. The second-order valence-electron chi connectivity index (χ2n) is 4.09. The van der Waals surface area contributed by atoms with E-state index < -0.39 is 0 Å². The minimum absolute atomic E-state index is 0.0115. The predicted octanol–water partition coefficient (Wildman–Crippen LogP) is 0.979. The molecule has 1 aliphatic heterocycles. The standard InChI is InChI=1S/C13H18O4/c14-6-12-9-17-13(10-16-12)8-15-7-11-4-2-1-3-5-11/h1-5,12-14H,6-10H2/t12-,13+/m1/s1. The molecule has 17 heavy (non-hydrogen) atoms. The Bertz CT molecular complexity index is 306. The monoisotopic (exact) mass is 238 g/mol. The van der Waals surface area contributed by atoms with Crippen LogP contribution in [0.3, 0.4) is 0 Å². The zero-order valence-electron chi connectivity index (χ0n) is 9.75. The summed E-state index contributed by atoms with van der Waals surface area (Å²) in [7, 11) is 0. The number of aliphatic hydroxyl groups is 1. The molecule has 1 aromatic rings. The average molecular weight is 238 g/mol. The number of ether oxygens (including phenoxy) is 3. The van der Waals surface area contributed by atoms with Crippen LogP contribution >= 0.6 is 0 Å². The highest BCUT2D eigenvalue weighted by Gasteiger charge is 2.21. The number of aliphatic hydroxyl groups excluding tert-OH is 1. The predicted molar refractivity (Wildman–Crippen MR) is 62.7 cm³/mol. The zero-order valence-corrected chi connectivity index (χ0v) is 9.75. The Balaban J connectivity index is 1.63. The van der Waals surface area contributed by atoms with Crippen LogP contribution in [0.15, 0.2) is 30.3 Å². The van der Waals surface area contributed by atoms with Crippen LogP contribution in [-0.2, 0) is 20.8 Å². The topological polar surface area (TPSA) is 47.9 Å². The SMILES string of the molecule is OC[C@@H]1CO[C@@H](COCc2ccccc2)CO1. The molecule has 4 nitrogen and oxygen atoms in total. The molecule has 1 aliphatic rings. The van der Waals surface area contributed by atoms with E-state index in [-0.39, 0.29) is 18.8 Å². The van der Waals surface area contributed by atoms with Crippen molar-refractivity contribution in [3.8, 4) is 0 Å². The van der Waals surface area contributed by atoms with Crippen molar-refractivity contribution in [1.29, 1.82) is 0 Å². The van der Waals surface area contributed by atoms with Crippen LogP contribution < -0.4 is 0 Å². The number of hydrogen-bond acceptors (Lipinski definition) is 4. The van der Waals surface area contributed by atoms with E-state index in [0.717, 1.165) is 5.56 Å². The number of rotatable bonds is 5. The first-order valence-corrected chi connectivity index (χ1v) is 5.84. The van der Waals surface area contributed by atoms with Gasteiger partial charge in [0.05, 0.1) is 33.0 Å². The molecule has 1 heterocycles. The normalized spacial score (nSPS) is 24.8. The van der Waals surface area contributed by atoms with Crippen LogP contribution in [0.5, 0.6) is 0 Å². The van der Waals surface area contributed by atoms with Crippen molar-refractivity contribution in [3.05, 3.63) is 35.9 Å². The molecular formula is C13H18O4. The van der Waals surface area contributed by atoms with E-state index in [1.165, 1.54) is 0 Å². The fourth-order valence-electron chi connectivity index (χ4n) is 1.67. The van der Waals surface area contributed by atoms with Crippen molar-refractivity contribution in [2.24, 2.45) is 0 Å². The van der Waals surface area contributed by atoms with Crippen molar-refractivity contribution in [3.63, 3.8) is 0 Å². The molecule has 0 unspecified atom stereocenters. The molecule has 1 fully saturated rings. The number of hydrogen-bond donors (Lipinski definition) is 1. The second-order valence-corrected chi connectivity index (χ2v) is 4.09. The van der Waals surface area contributed by atoms with Gasteiger partial charge in [-0.25, -0.2) is 0 Å². The maximum atomic E-state index is 8.87. The van der Waals surface area contributed by atoms with Crippen LogP contribution in [0.1, 0.15) is 5.56 Å². The van der Waals surface area contributed by atoms with Gasteiger partial charge in [-0.15, -0.1) is 0 Å². The smallest absolute Gasteiger partial charge is 0.104 e. The Hall–Kier alpha value is -0.940. The molecule has 0 spiro atoms. The maximum absolute atomic E-state index is 8.87. The molecule has 94 valence electrons. The van der Waals surface area contributed by atoms with Crippen molar-refractivity contribution < 1.29 is 19.3 Å². The molecule has 2 atom stereocenters. The van der Waals surface area contributed by atoms with Gasteiger partial charge in [0.25, 0.3) is 0 Å². The van der Waals surface area contributed by atoms with Gasteiger partial charge in [0.15, 0.2) is 0 Å². The third-order valence-corrected chi connectivity index (χ3v) is 2.65. The molecule has 0 aliphatic carbocycles. The molecule has 0 amide bonds. The van der Waals surface area contributed by atoms with Gasteiger partial charge in [0, 0.05) is 0 Å². The van der Waals surface area contributed by atoms with Crippen LogP contribution in [0, 0.1) is 0 Å².